The minimum Gasteiger partial charge on any atom is -0.493 e. The third kappa shape index (κ3) is 5.20. The number of benzene rings is 3. The maximum absolute atomic E-state index is 6.08. The summed E-state index contributed by atoms with van der Waals surface area (Å²) in [5.74, 6) is 0.967. The molecule has 0 saturated carbocycles. The predicted molar refractivity (Wildman–Crippen MR) is 104 cm³/mol. The summed E-state index contributed by atoms with van der Waals surface area (Å²) < 4.78 is 6.08. The van der Waals surface area contributed by atoms with E-state index in [1.807, 2.05) is 12.1 Å². The summed E-state index contributed by atoms with van der Waals surface area (Å²) in [6.07, 6.45) is 1.04. The molecule has 128 valence electrons. The van der Waals surface area contributed by atoms with Crippen molar-refractivity contribution >= 4 is 0 Å². The Kier molecular flexibility index (Phi) is 6.24. The van der Waals surface area contributed by atoms with Crippen LogP contribution in [0.2, 0.25) is 0 Å². The molecule has 1 N–H and O–H groups in total. The van der Waals surface area contributed by atoms with E-state index < -0.39 is 0 Å². The van der Waals surface area contributed by atoms with E-state index >= 15 is 0 Å². The fraction of sp³-hybridized carbons (Fsp3) is 0.217. The molecule has 0 radical (unpaired) electrons. The summed E-state index contributed by atoms with van der Waals surface area (Å²) in [7, 11) is 2.24. The fourth-order valence-electron chi connectivity index (χ4n) is 3.04. The zero-order valence-electron chi connectivity index (χ0n) is 14.8. The normalized spacial score (nSPS) is 11.9. The first-order valence-electron chi connectivity index (χ1n) is 8.95. The van der Waals surface area contributed by atoms with Crippen LogP contribution in [-0.4, -0.2) is 20.2 Å². The highest BCUT2D eigenvalue weighted by Gasteiger charge is 2.07. The third-order valence-electron chi connectivity index (χ3n) is 4.33. The van der Waals surface area contributed by atoms with Crippen LogP contribution in [0.1, 0.15) is 12.0 Å². The number of para-hydroxylation sites is 1. The van der Waals surface area contributed by atoms with Crippen molar-refractivity contribution < 1.29 is 9.64 Å². The van der Waals surface area contributed by atoms with E-state index in [0.717, 1.165) is 37.4 Å². The summed E-state index contributed by atoms with van der Waals surface area (Å²) in [5.41, 5.74) is 3.74. The molecule has 3 rings (SSSR count). The van der Waals surface area contributed by atoms with Gasteiger partial charge in [-0.15, -0.1) is 0 Å². The SMILES string of the molecule is C[NH+](CCCOc1ccccc1-c1ccccc1)Cc1ccccc1. The van der Waals surface area contributed by atoms with Gasteiger partial charge >= 0.3 is 0 Å². The smallest absolute Gasteiger partial charge is 0.127 e. The van der Waals surface area contributed by atoms with Gasteiger partial charge in [0.15, 0.2) is 0 Å². The third-order valence-corrected chi connectivity index (χ3v) is 4.33. The van der Waals surface area contributed by atoms with Gasteiger partial charge in [0, 0.05) is 17.5 Å². The molecule has 25 heavy (non-hydrogen) atoms. The van der Waals surface area contributed by atoms with Crippen LogP contribution in [0.4, 0.5) is 0 Å². The Bertz CT molecular complexity index is 755. The zero-order chi connectivity index (χ0) is 17.3. The fourth-order valence-corrected chi connectivity index (χ4v) is 3.04. The molecule has 0 aliphatic carbocycles. The van der Waals surface area contributed by atoms with Crippen LogP contribution in [0, 0.1) is 0 Å². The van der Waals surface area contributed by atoms with Crippen LogP contribution in [0.25, 0.3) is 11.1 Å². The van der Waals surface area contributed by atoms with E-state index in [4.69, 9.17) is 4.74 Å². The van der Waals surface area contributed by atoms with Crippen LogP contribution >= 0.6 is 0 Å². The highest BCUT2D eigenvalue weighted by Crippen LogP contribution is 2.29. The van der Waals surface area contributed by atoms with Gasteiger partial charge in [0.1, 0.15) is 12.3 Å². The predicted octanol–water partition coefficient (Wildman–Crippen LogP) is 3.84. The maximum Gasteiger partial charge on any atom is 0.127 e. The van der Waals surface area contributed by atoms with Gasteiger partial charge in [-0.3, -0.25) is 0 Å². The molecular weight excluding hydrogens is 306 g/mol. The topological polar surface area (TPSA) is 13.7 Å². The van der Waals surface area contributed by atoms with Crippen LogP contribution < -0.4 is 9.64 Å². The molecule has 0 heterocycles. The van der Waals surface area contributed by atoms with Gasteiger partial charge in [-0.2, -0.15) is 0 Å². The molecule has 0 aromatic heterocycles. The van der Waals surface area contributed by atoms with E-state index in [-0.39, 0.29) is 0 Å². The summed E-state index contributed by atoms with van der Waals surface area (Å²) >= 11 is 0. The largest absolute Gasteiger partial charge is 0.493 e. The maximum atomic E-state index is 6.08. The minimum atomic E-state index is 0.746. The molecule has 0 saturated heterocycles. The van der Waals surface area contributed by atoms with Gasteiger partial charge in [-0.1, -0.05) is 78.9 Å². The van der Waals surface area contributed by atoms with Crippen molar-refractivity contribution in [2.45, 2.75) is 13.0 Å². The summed E-state index contributed by atoms with van der Waals surface area (Å²) in [6, 6.07) is 29.4. The van der Waals surface area contributed by atoms with Gasteiger partial charge in [0.05, 0.1) is 20.2 Å². The van der Waals surface area contributed by atoms with Crippen molar-refractivity contribution in [3.05, 3.63) is 90.5 Å². The summed E-state index contributed by atoms with van der Waals surface area (Å²) in [5, 5.41) is 0. The van der Waals surface area contributed by atoms with E-state index in [2.05, 4.69) is 79.8 Å². The number of hydrogen-bond donors (Lipinski definition) is 1. The summed E-state index contributed by atoms with van der Waals surface area (Å²) in [6.45, 7) is 2.90. The minimum absolute atomic E-state index is 0.746. The number of nitrogens with one attached hydrogen (secondary N) is 1. The Morgan fingerprint density at radius 3 is 2.16 bits per heavy atom. The van der Waals surface area contributed by atoms with Crippen molar-refractivity contribution in [2.75, 3.05) is 20.2 Å². The molecule has 2 nitrogen and oxygen atoms in total. The molecule has 0 spiro atoms. The van der Waals surface area contributed by atoms with Gasteiger partial charge < -0.3 is 9.64 Å². The molecule has 1 atom stereocenters. The molecule has 0 bridgehead atoms. The average molecular weight is 332 g/mol. The quantitative estimate of drug-likeness (QED) is 0.619. The Morgan fingerprint density at radius 2 is 1.40 bits per heavy atom. The second-order valence-electron chi connectivity index (χ2n) is 6.43. The highest BCUT2D eigenvalue weighted by atomic mass is 16.5. The molecule has 2 heteroatoms. The van der Waals surface area contributed by atoms with Crippen molar-refractivity contribution in [2.24, 2.45) is 0 Å². The first kappa shape index (κ1) is 17.2. The lowest BCUT2D eigenvalue weighted by atomic mass is 10.1. The summed E-state index contributed by atoms with van der Waals surface area (Å²) in [4.78, 5) is 1.51. The van der Waals surface area contributed by atoms with Gasteiger partial charge in [0.2, 0.25) is 0 Å². The van der Waals surface area contributed by atoms with Crippen LogP contribution in [0.5, 0.6) is 5.75 Å². The second kappa shape index (κ2) is 9.05. The molecule has 3 aromatic rings. The van der Waals surface area contributed by atoms with Crippen molar-refractivity contribution in [3.8, 4) is 16.9 Å². The Balaban J connectivity index is 1.50. The molecular formula is C23H26NO+. The first-order chi connectivity index (χ1) is 12.3. The number of rotatable bonds is 8. The number of ether oxygens (including phenoxy) is 1. The van der Waals surface area contributed by atoms with Crippen molar-refractivity contribution in [3.63, 3.8) is 0 Å². The lowest BCUT2D eigenvalue weighted by Gasteiger charge is -2.15. The van der Waals surface area contributed by atoms with E-state index in [1.165, 1.54) is 16.0 Å². The lowest BCUT2D eigenvalue weighted by molar-refractivity contribution is -0.894. The van der Waals surface area contributed by atoms with Gasteiger partial charge in [-0.05, 0) is 11.6 Å². The zero-order valence-corrected chi connectivity index (χ0v) is 14.8. The van der Waals surface area contributed by atoms with Crippen LogP contribution in [-0.2, 0) is 6.54 Å². The molecule has 0 fully saturated rings. The lowest BCUT2D eigenvalue weighted by Crippen LogP contribution is -3.07. The number of quaternary nitrogens is 1. The molecule has 0 aliphatic rings. The number of hydrogen-bond acceptors (Lipinski definition) is 1. The molecule has 0 aliphatic heterocycles. The molecule has 3 aromatic carbocycles. The standard InChI is InChI=1S/C23H25NO/c1-24(19-20-11-4-2-5-12-20)17-10-18-25-23-16-9-8-15-22(23)21-13-6-3-7-14-21/h2-9,11-16H,10,17-19H2,1H3/p+1. The van der Waals surface area contributed by atoms with Crippen LogP contribution in [0.15, 0.2) is 84.9 Å². The monoisotopic (exact) mass is 332 g/mol. The second-order valence-corrected chi connectivity index (χ2v) is 6.43. The van der Waals surface area contributed by atoms with Crippen LogP contribution in [0.3, 0.4) is 0 Å². The van der Waals surface area contributed by atoms with Crippen molar-refractivity contribution in [1.29, 1.82) is 0 Å². The van der Waals surface area contributed by atoms with Gasteiger partial charge in [0.25, 0.3) is 0 Å². The van der Waals surface area contributed by atoms with E-state index in [0.29, 0.717) is 0 Å². The highest BCUT2D eigenvalue weighted by molar-refractivity contribution is 5.70. The average Bonchev–Trinajstić information content (AvgIpc) is 2.67. The Morgan fingerprint density at radius 1 is 0.760 bits per heavy atom. The van der Waals surface area contributed by atoms with E-state index in [1.54, 1.807) is 0 Å². The Labute approximate surface area is 150 Å². The van der Waals surface area contributed by atoms with E-state index in [9.17, 15) is 0 Å². The molecule has 1 unspecified atom stereocenters. The first-order valence-corrected chi connectivity index (χ1v) is 8.95. The Hall–Kier alpha value is -2.58. The molecule has 0 amide bonds. The van der Waals surface area contributed by atoms with Crippen molar-refractivity contribution in [1.82, 2.24) is 0 Å². The van der Waals surface area contributed by atoms with Gasteiger partial charge in [-0.25, -0.2) is 0 Å².